The lowest BCUT2D eigenvalue weighted by atomic mass is 10.1. The van der Waals surface area contributed by atoms with Crippen LogP contribution in [-0.2, 0) is 9.47 Å². The zero-order chi connectivity index (χ0) is 18.4. The van der Waals surface area contributed by atoms with E-state index >= 15 is 0 Å². The average molecular weight is 364 g/mol. The molecule has 0 radical (unpaired) electrons. The van der Waals surface area contributed by atoms with Crippen molar-refractivity contribution in [2.75, 3.05) is 26.2 Å². The highest BCUT2D eigenvalue weighted by Crippen LogP contribution is 2.24. The van der Waals surface area contributed by atoms with Crippen LogP contribution in [0, 0.1) is 5.82 Å². The van der Waals surface area contributed by atoms with Crippen molar-refractivity contribution in [1.82, 2.24) is 9.80 Å². The van der Waals surface area contributed by atoms with Gasteiger partial charge in [0.1, 0.15) is 5.82 Å². The Bertz CT molecular complexity index is 578. The molecular formula is C19H25FN2O4. The number of likely N-dealkylation sites (tertiary alicyclic amines) is 2. The minimum atomic E-state index is -1.18. The monoisotopic (exact) mass is 364 g/mol. The number of amides is 2. The lowest BCUT2D eigenvalue weighted by molar-refractivity contribution is -0.0856. The van der Waals surface area contributed by atoms with E-state index in [2.05, 4.69) is 0 Å². The molecule has 0 spiro atoms. The zero-order valence-corrected chi connectivity index (χ0v) is 14.9. The Morgan fingerprint density at radius 3 is 1.62 bits per heavy atom. The number of rotatable bonds is 3. The van der Waals surface area contributed by atoms with Gasteiger partial charge in [-0.3, -0.25) is 0 Å². The molecule has 26 heavy (non-hydrogen) atoms. The summed E-state index contributed by atoms with van der Waals surface area (Å²) in [6.45, 7) is 2.54. The molecule has 0 saturated carbocycles. The lowest BCUT2D eigenvalue weighted by Gasteiger charge is -2.30. The maximum Gasteiger partial charge on any atom is 0.413 e. The highest BCUT2D eigenvalue weighted by molar-refractivity contribution is 5.70. The molecule has 0 atom stereocenters. The number of ether oxygens (including phenoxy) is 2. The summed E-state index contributed by atoms with van der Waals surface area (Å²) >= 11 is 0. The van der Waals surface area contributed by atoms with Gasteiger partial charge in [-0.05, 0) is 62.8 Å². The number of hydrogen-bond donors (Lipinski definition) is 0. The Kier molecular flexibility index (Phi) is 6.30. The van der Waals surface area contributed by atoms with Crippen molar-refractivity contribution in [1.29, 1.82) is 0 Å². The summed E-state index contributed by atoms with van der Waals surface area (Å²) in [5.41, 5.74) is 0.433. The molecule has 0 aliphatic carbocycles. The first-order valence-corrected chi connectivity index (χ1v) is 9.30. The lowest BCUT2D eigenvalue weighted by Crippen LogP contribution is -2.39. The average Bonchev–Trinajstić information content (AvgIpc) is 2.69. The molecule has 3 rings (SSSR count). The van der Waals surface area contributed by atoms with Gasteiger partial charge in [0, 0.05) is 31.7 Å². The number of benzene rings is 1. The van der Waals surface area contributed by atoms with Gasteiger partial charge in [0.2, 0.25) is 0 Å². The van der Waals surface area contributed by atoms with Crippen LogP contribution >= 0.6 is 0 Å². The van der Waals surface area contributed by atoms with Crippen molar-refractivity contribution in [3.63, 3.8) is 0 Å². The summed E-state index contributed by atoms with van der Waals surface area (Å²) in [5, 5.41) is 0. The summed E-state index contributed by atoms with van der Waals surface area (Å²) in [6.07, 6.45) is 3.72. The summed E-state index contributed by atoms with van der Waals surface area (Å²) in [7, 11) is 0. The zero-order valence-electron chi connectivity index (χ0n) is 14.9. The Labute approximate surface area is 152 Å². The molecule has 1 aromatic carbocycles. The number of hydrogen-bond acceptors (Lipinski definition) is 4. The molecule has 0 bridgehead atoms. The molecule has 7 heteroatoms. The van der Waals surface area contributed by atoms with E-state index in [1.54, 1.807) is 9.80 Å². The Morgan fingerprint density at radius 1 is 0.769 bits per heavy atom. The van der Waals surface area contributed by atoms with Crippen LogP contribution in [0.25, 0.3) is 0 Å². The third-order valence-electron chi connectivity index (χ3n) is 4.79. The number of carbonyl (C=O) groups is 2. The second-order valence-electron chi connectivity index (χ2n) is 6.75. The van der Waals surface area contributed by atoms with Crippen LogP contribution in [0.2, 0.25) is 0 Å². The van der Waals surface area contributed by atoms with Crippen molar-refractivity contribution < 1.29 is 23.5 Å². The van der Waals surface area contributed by atoms with Gasteiger partial charge in [0.15, 0.2) is 0 Å². The number of halogens is 1. The number of nitrogens with zero attached hydrogens (tertiary/aromatic N) is 2. The standard InChI is InChI=1S/C19H25FN2O4/c20-16-9-7-15(8-10-16)17(25-18(23)21-11-3-1-4-12-21)26-19(24)22-13-5-2-6-14-22/h7-10,17H,1-6,11-14H2. The van der Waals surface area contributed by atoms with Crippen LogP contribution in [-0.4, -0.2) is 48.2 Å². The Hall–Kier alpha value is -2.31. The number of carbonyl (C=O) groups excluding carboxylic acids is 2. The first-order chi connectivity index (χ1) is 12.6. The number of piperidine rings is 2. The molecule has 142 valence electrons. The molecule has 1 aromatic rings. The van der Waals surface area contributed by atoms with E-state index in [1.807, 2.05) is 0 Å². The van der Waals surface area contributed by atoms with Gasteiger partial charge in [0.25, 0.3) is 6.29 Å². The fraction of sp³-hybridized carbons (Fsp3) is 0.579. The van der Waals surface area contributed by atoms with Gasteiger partial charge < -0.3 is 19.3 Å². The molecule has 0 N–H and O–H groups in total. The normalized spacial score (nSPS) is 17.9. The predicted molar refractivity (Wildman–Crippen MR) is 93.0 cm³/mol. The molecule has 0 unspecified atom stereocenters. The van der Waals surface area contributed by atoms with Crippen LogP contribution in [0.3, 0.4) is 0 Å². The second kappa shape index (κ2) is 8.87. The fourth-order valence-corrected chi connectivity index (χ4v) is 3.27. The molecule has 6 nitrogen and oxygen atoms in total. The van der Waals surface area contributed by atoms with E-state index in [0.29, 0.717) is 31.7 Å². The molecule has 2 aliphatic heterocycles. The predicted octanol–water partition coefficient (Wildman–Crippen LogP) is 4.07. The third kappa shape index (κ3) is 4.86. The summed E-state index contributed by atoms with van der Waals surface area (Å²) in [6, 6.07) is 5.44. The molecule has 0 aromatic heterocycles. The van der Waals surface area contributed by atoms with Gasteiger partial charge in [-0.1, -0.05) is 0 Å². The second-order valence-corrected chi connectivity index (χ2v) is 6.75. The summed E-state index contributed by atoms with van der Waals surface area (Å²) < 4.78 is 24.2. The highest BCUT2D eigenvalue weighted by atomic mass is 19.1. The Morgan fingerprint density at radius 2 is 1.19 bits per heavy atom. The van der Waals surface area contributed by atoms with E-state index in [9.17, 15) is 14.0 Å². The van der Waals surface area contributed by atoms with E-state index in [-0.39, 0.29) is 0 Å². The van der Waals surface area contributed by atoms with E-state index in [0.717, 1.165) is 38.5 Å². The minimum Gasteiger partial charge on any atom is -0.404 e. The van der Waals surface area contributed by atoms with E-state index < -0.39 is 24.3 Å². The molecule has 2 heterocycles. The first kappa shape index (κ1) is 18.5. The largest absolute Gasteiger partial charge is 0.413 e. The SMILES string of the molecule is O=C(OC(OC(=O)N1CCCCC1)c1ccc(F)cc1)N1CCCCC1. The molecule has 2 amide bonds. The third-order valence-corrected chi connectivity index (χ3v) is 4.79. The maximum absolute atomic E-state index is 13.2. The van der Waals surface area contributed by atoms with E-state index in [4.69, 9.17) is 9.47 Å². The van der Waals surface area contributed by atoms with Crippen LogP contribution in [0.1, 0.15) is 50.4 Å². The summed E-state index contributed by atoms with van der Waals surface area (Å²) in [5.74, 6) is -0.405. The van der Waals surface area contributed by atoms with Crippen molar-refractivity contribution >= 4 is 12.2 Å². The van der Waals surface area contributed by atoms with Crippen molar-refractivity contribution in [3.8, 4) is 0 Å². The molecule has 2 saturated heterocycles. The van der Waals surface area contributed by atoms with Crippen molar-refractivity contribution in [2.24, 2.45) is 0 Å². The van der Waals surface area contributed by atoms with Gasteiger partial charge in [-0.15, -0.1) is 0 Å². The molecule has 2 fully saturated rings. The first-order valence-electron chi connectivity index (χ1n) is 9.30. The van der Waals surface area contributed by atoms with Crippen LogP contribution in [0.15, 0.2) is 24.3 Å². The molecular weight excluding hydrogens is 339 g/mol. The van der Waals surface area contributed by atoms with Gasteiger partial charge in [-0.25, -0.2) is 14.0 Å². The van der Waals surface area contributed by atoms with Crippen LogP contribution in [0.5, 0.6) is 0 Å². The van der Waals surface area contributed by atoms with Gasteiger partial charge in [-0.2, -0.15) is 0 Å². The topological polar surface area (TPSA) is 59.1 Å². The van der Waals surface area contributed by atoms with Gasteiger partial charge in [0.05, 0.1) is 0 Å². The maximum atomic E-state index is 13.2. The van der Waals surface area contributed by atoms with E-state index in [1.165, 1.54) is 24.3 Å². The molecule has 2 aliphatic rings. The fourth-order valence-electron chi connectivity index (χ4n) is 3.27. The minimum absolute atomic E-state index is 0.405. The van der Waals surface area contributed by atoms with Gasteiger partial charge >= 0.3 is 12.2 Å². The highest BCUT2D eigenvalue weighted by Gasteiger charge is 2.28. The van der Waals surface area contributed by atoms with Crippen molar-refractivity contribution in [3.05, 3.63) is 35.6 Å². The van der Waals surface area contributed by atoms with Crippen molar-refractivity contribution in [2.45, 2.75) is 44.8 Å². The van der Waals surface area contributed by atoms with Crippen LogP contribution < -0.4 is 0 Å². The van der Waals surface area contributed by atoms with Crippen LogP contribution in [0.4, 0.5) is 14.0 Å². The quantitative estimate of drug-likeness (QED) is 0.759. The Balaban J connectivity index is 1.69. The smallest absolute Gasteiger partial charge is 0.404 e. The summed E-state index contributed by atoms with van der Waals surface area (Å²) in [4.78, 5) is 28.1.